The number of hydrogen-bond acceptors (Lipinski definition) is 0. The molecule has 0 heterocycles. The second-order valence-corrected chi connectivity index (χ2v) is 3.38. The first-order valence-electron chi connectivity index (χ1n) is 2.91. The van der Waals surface area contributed by atoms with E-state index in [4.69, 9.17) is 11.6 Å². The Morgan fingerprint density at radius 3 is 2.00 bits per heavy atom. The van der Waals surface area contributed by atoms with Crippen LogP contribution in [0.5, 0.6) is 0 Å². The highest BCUT2D eigenvalue weighted by Crippen LogP contribution is 2.64. The molecule has 3 fully saturated rings. The molecule has 0 aromatic heterocycles. The summed E-state index contributed by atoms with van der Waals surface area (Å²) in [6.07, 6.45) is 4.32. The van der Waals surface area contributed by atoms with Gasteiger partial charge in [0, 0.05) is 5.88 Å². The summed E-state index contributed by atoms with van der Waals surface area (Å²) in [5, 5.41) is 0. The highest BCUT2D eigenvalue weighted by Gasteiger charge is 2.55. The topological polar surface area (TPSA) is 0 Å². The van der Waals surface area contributed by atoms with Gasteiger partial charge < -0.3 is 0 Å². The zero-order valence-corrected chi connectivity index (χ0v) is 5.04. The van der Waals surface area contributed by atoms with E-state index in [0.717, 1.165) is 11.8 Å². The maximum atomic E-state index is 5.68. The fraction of sp³-hybridized carbons (Fsp3) is 1.00. The molecule has 0 amide bonds. The minimum Gasteiger partial charge on any atom is -0.126 e. The van der Waals surface area contributed by atoms with Crippen molar-refractivity contribution in [3.8, 4) is 0 Å². The Hall–Kier alpha value is 0.290. The zero-order chi connectivity index (χ0) is 4.91. The summed E-state index contributed by atoms with van der Waals surface area (Å²) in [5.41, 5.74) is 0.673. The summed E-state index contributed by atoms with van der Waals surface area (Å²) in [6, 6.07) is 0. The molecule has 0 atom stereocenters. The second-order valence-electron chi connectivity index (χ2n) is 3.11. The van der Waals surface area contributed by atoms with Crippen molar-refractivity contribution in [2.45, 2.75) is 19.3 Å². The summed E-state index contributed by atoms with van der Waals surface area (Å²) in [7, 11) is 0. The number of alkyl halides is 1. The predicted octanol–water partition coefficient (Wildman–Crippen LogP) is 2.03. The maximum absolute atomic E-state index is 5.68. The normalized spacial score (nSPS) is 55.3. The van der Waals surface area contributed by atoms with E-state index in [-0.39, 0.29) is 0 Å². The smallest absolute Gasteiger partial charge is 0.0280 e. The molecule has 0 radical (unpaired) electrons. The Labute approximate surface area is 48.9 Å². The van der Waals surface area contributed by atoms with Gasteiger partial charge in [0.2, 0.25) is 0 Å². The molecule has 0 N–H and O–H groups in total. The van der Waals surface area contributed by atoms with E-state index < -0.39 is 0 Å². The number of hydrogen-bond donors (Lipinski definition) is 0. The van der Waals surface area contributed by atoms with Crippen LogP contribution < -0.4 is 0 Å². The van der Waals surface area contributed by atoms with Crippen LogP contribution in [-0.2, 0) is 0 Å². The molecule has 2 bridgehead atoms. The quantitative estimate of drug-likeness (QED) is 0.460. The Morgan fingerprint density at radius 1 is 1.43 bits per heavy atom. The predicted molar refractivity (Wildman–Crippen MR) is 30.5 cm³/mol. The molecule has 0 saturated heterocycles. The average Bonchev–Trinajstić information content (AvgIpc) is 1.25. The standard InChI is InChI=1S/C6H9Cl/c7-4-6-1-5(2-6)3-6/h5H,1-4H2. The van der Waals surface area contributed by atoms with Gasteiger partial charge in [-0.05, 0) is 30.6 Å². The fourth-order valence-electron chi connectivity index (χ4n) is 1.82. The molecule has 0 aromatic carbocycles. The first kappa shape index (κ1) is 4.20. The molecule has 40 valence electrons. The van der Waals surface area contributed by atoms with Crippen LogP contribution in [0.4, 0.5) is 0 Å². The van der Waals surface area contributed by atoms with E-state index in [2.05, 4.69) is 0 Å². The lowest BCUT2D eigenvalue weighted by molar-refractivity contribution is -0.0847. The summed E-state index contributed by atoms with van der Waals surface area (Å²) in [6.45, 7) is 0. The average molecular weight is 117 g/mol. The number of rotatable bonds is 1. The molecule has 0 nitrogen and oxygen atoms in total. The third kappa shape index (κ3) is 0.346. The van der Waals surface area contributed by atoms with Crippen molar-refractivity contribution >= 4 is 11.6 Å². The first-order chi connectivity index (χ1) is 3.35. The maximum Gasteiger partial charge on any atom is 0.0280 e. The largest absolute Gasteiger partial charge is 0.126 e. The molecule has 0 aromatic rings. The van der Waals surface area contributed by atoms with Gasteiger partial charge in [-0.3, -0.25) is 0 Å². The van der Waals surface area contributed by atoms with Crippen LogP contribution in [0.2, 0.25) is 0 Å². The first-order valence-corrected chi connectivity index (χ1v) is 3.44. The zero-order valence-electron chi connectivity index (χ0n) is 4.28. The van der Waals surface area contributed by atoms with Gasteiger partial charge in [0.1, 0.15) is 0 Å². The van der Waals surface area contributed by atoms with Crippen molar-refractivity contribution < 1.29 is 0 Å². The third-order valence-corrected chi connectivity index (χ3v) is 3.02. The molecular weight excluding hydrogens is 108 g/mol. The van der Waals surface area contributed by atoms with Gasteiger partial charge in [-0.1, -0.05) is 0 Å². The lowest BCUT2D eigenvalue weighted by Crippen LogP contribution is -2.52. The van der Waals surface area contributed by atoms with Crippen molar-refractivity contribution in [1.29, 1.82) is 0 Å². The molecule has 1 heteroatoms. The summed E-state index contributed by atoms with van der Waals surface area (Å²) in [5.74, 6) is 2.02. The molecule has 7 heavy (non-hydrogen) atoms. The van der Waals surface area contributed by atoms with Gasteiger partial charge in [-0.15, -0.1) is 11.6 Å². The van der Waals surface area contributed by atoms with E-state index in [1.807, 2.05) is 0 Å². The molecule has 0 spiro atoms. The molecule has 0 unspecified atom stereocenters. The van der Waals surface area contributed by atoms with Gasteiger partial charge in [0.25, 0.3) is 0 Å². The second kappa shape index (κ2) is 0.997. The van der Waals surface area contributed by atoms with Gasteiger partial charge in [-0.25, -0.2) is 0 Å². The number of halogens is 1. The van der Waals surface area contributed by atoms with E-state index >= 15 is 0 Å². The van der Waals surface area contributed by atoms with Crippen LogP contribution in [0.1, 0.15) is 19.3 Å². The van der Waals surface area contributed by atoms with Crippen molar-refractivity contribution in [3.05, 3.63) is 0 Å². The van der Waals surface area contributed by atoms with Crippen molar-refractivity contribution in [1.82, 2.24) is 0 Å². The van der Waals surface area contributed by atoms with Crippen molar-refractivity contribution in [3.63, 3.8) is 0 Å². The molecule has 0 aliphatic heterocycles. The van der Waals surface area contributed by atoms with Crippen LogP contribution in [-0.4, -0.2) is 5.88 Å². The van der Waals surface area contributed by atoms with Crippen LogP contribution in [0.25, 0.3) is 0 Å². The highest BCUT2D eigenvalue weighted by molar-refractivity contribution is 6.18. The lowest BCUT2D eigenvalue weighted by atomic mass is 9.45. The lowest BCUT2D eigenvalue weighted by Gasteiger charge is -2.61. The van der Waals surface area contributed by atoms with E-state index in [1.165, 1.54) is 19.3 Å². The van der Waals surface area contributed by atoms with Gasteiger partial charge in [0.05, 0.1) is 0 Å². The Balaban J connectivity index is 2.03. The molecule has 3 saturated carbocycles. The van der Waals surface area contributed by atoms with Crippen LogP contribution in [0.3, 0.4) is 0 Å². The summed E-state index contributed by atoms with van der Waals surface area (Å²) < 4.78 is 0. The molecule has 3 aliphatic carbocycles. The Morgan fingerprint density at radius 2 is 2.00 bits per heavy atom. The van der Waals surface area contributed by atoms with Gasteiger partial charge in [-0.2, -0.15) is 0 Å². The van der Waals surface area contributed by atoms with Crippen LogP contribution in [0.15, 0.2) is 0 Å². The summed E-state index contributed by atoms with van der Waals surface area (Å²) in [4.78, 5) is 0. The van der Waals surface area contributed by atoms with Crippen LogP contribution >= 0.6 is 11.6 Å². The summed E-state index contributed by atoms with van der Waals surface area (Å²) >= 11 is 5.68. The van der Waals surface area contributed by atoms with Crippen LogP contribution in [0, 0.1) is 11.3 Å². The fourth-order valence-corrected chi connectivity index (χ4v) is 2.15. The minimum atomic E-state index is 0.673. The van der Waals surface area contributed by atoms with Crippen molar-refractivity contribution in [2.24, 2.45) is 11.3 Å². The molecule has 3 rings (SSSR count). The minimum absolute atomic E-state index is 0.673. The molecule has 3 aliphatic rings. The van der Waals surface area contributed by atoms with E-state index in [9.17, 15) is 0 Å². The molecular formula is C6H9Cl. The Kier molecular flexibility index (Phi) is 0.597. The Bertz CT molecular complexity index is 75.3. The van der Waals surface area contributed by atoms with E-state index in [0.29, 0.717) is 5.41 Å². The van der Waals surface area contributed by atoms with E-state index in [1.54, 1.807) is 0 Å². The van der Waals surface area contributed by atoms with Gasteiger partial charge >= 0.3 is 0 Å². The van der Waals surface area contributed by atoms with Crippen molar-refractivity contribution in [2.75, 3.05) is 5.88 Å². The SMILES string of the molecule is ClCC12CC(C1)C2. The van der Waals surface area contributed by atoms with Gasteiger partial charge in [0.15, 0.2) is 0 Å². The highest BCUT2D eigenvalue weighted by atomic mass is 35.5. The monoisotopic (exact) mass is 116 g/mol. The third-order valence-electron chi connectivity index (χ3n) is 2.45.